The largest absolute Gasteiger partial charge is 0.456 e. The summed E-state index contributed by atoms with van der Waals surface area (Å²) in [7, 11) is 0. The van der Waals surface area contributed by atoms with Crippen LogP contribution in [0.5, 0.6) is 11.5 Å². The summed E-state index contributed by atoms with van der Waals surface area (Å²) in [5.41, 5.74) is 0.858. The first kappa shape index (κ1) is 14.3. The summed E-state index contributed by atoms with van der Waals surface area (Å²) >= 11 is 5.74. The second kappa shape index (κ2) is 5.88. The first-order chi connectivity index (χ1) is 9.52. The summed E-state index contributed by atoms with van der Waals surface area (Å²) in [4.78, 5) is 10.4. The minimum Gasteiger partial charge on any atom is -0.456 e. The third kappa shape index (κ3) is 2.88. The monoisotopic (exact) mass is 295 g/mol. The molecule has 104 valence electrons. The van der Waals surface area contributed by atoms with Crippen LogP contribution in [0.4, 0.5) is 10.1 Å². The van der Waals surface area contributed by atoms with E-state index < -0.39 is 10.7 Å². The lowest BCUT2D eigenvalue weighted by atomic mass is 10.1. The van der Waals surface area contributed by atoms with Crippen LogP contribution in [-0.2, 0) is 5.88 Å². The van der Waals surface area contributed by atoms with Crippen LogP contribution in [0.25, 0.3) is 0 Å². The third-order valence-corrected chi connectivity index (χ3v) is 3.13. The summed E-state index contributed by atoms with van der Waals surface area (Å²) in [6, 6.07) is 8.52. The molecule has 0 bridgehead atoms. The Morgan fingerprint density at radius 2 is 2.05 bits per heavy atom. The second-order valence-electron chi connectivity index (χ2n) is 4.15. The Balaban J connectivity index is 2.40. The zero-order valence-corrected chi connectivity index (χ0v) is 11.4. The molecule has 0 N–H and O–H groups in total. The van der Waals surface area contributed by atoms with Crippen molar-refractivity contribution in [3.63, 3.8) is 0 Å². The van der Waals surface area contributed by atoms with E-state index in [0.717, 1.165) is 0 Å². The zero-order valence-electron chi connectivity index (χ0n) is 10.6. The third-order valence-electron chi connectivity index (χ3n) is 2.84. The summed E-state index contributed by atoms with van der Waals surface area (Å²) in [6.45, 7) is 1.59. The van der Waals surface area contributed by atoms with E-state index in [4.69, 9.17) is 16.3 Å². The van der Waals surface area contributed by atoms with Crippen molar-refractivity contribution in [2.24, 2.45) is 0 Å². The average molecular weight is 296 g/mol. The molecule has 0 aromatic heterocycles. The van der Waals surface area contributed by atoms with E-state index in [1.54, 1.807) is 13.0 Å². The highest BCUT2D eigenvalue weighted by Crippen LogP contribution is 2.33. The van der Waals surface area contributed by atoms with Crippen molar-refractivity contribution < 1.29 is 14.1 Å². The molecule has 0 radical (unpaired) electrons. The van der Waals surface area contributed by atoms with Crippen LogP contribution in [0.1, 0.15) is 11.1 Å². The SMILES string of the molecule is Cc1c(Oc2ccc(F)cc2CCl)cccc1[N+](=O)[O-]. The summed E-state index contributed by atoms with van der Waals surface area (Å²) in [6.07, 6.45) is 0. The van der Waals surface area contributed by atoms with Gasteiger partial charge in [-0.15, -0.1) is 11.6 Å². The Hall–Kier alpha value is -2.14. The number of hydrogen-bond acceptors (Lipinski definition) is 3. The molecular formula is C14H11ClFNO3. The van der Waals surface area contributed by atoms with Crippen molar-refractivity contribution in [3.05, 3.63) is 63.5 Å². The molecule has 6 heteroatoms. The van der Waals surface area contributed by atoms with Gasteiger partial charge < -0.3 is 4.74 Å². The standard InChI is InChI=1S/C14H11ClFNO3/c1-9-12(17(18)19)3-2-4-13(9)20-14-6-5-11(16)7-10(14)8-15/h2-7H,8H2,1H3. The lowest BCUT2D eigenvalue weighted by molar-refractivity contribution is -0.385. The van der Waals surface area contributed by atoms with E-state index in [1.807, 2.05) is 0 Å². The summed E-state index contributed by atoms with van der Waals surface area (Å²) < 4.78 is 18.7. The summed E-state index contributed by atoms with van der Waals surface area (Å²) in [5.74, 6) is 0.395. The highest BCUT2D eigenvalue weighted by atomic mass is 35.5. The van der Waals surface area contributed by atoms with E-state index in [-0.39, 0.29) is 11.6 Å². The van der Waals surface area contributed by atoms with Gasteiger partial charge in [0, 0.05) is 11.6 Å². The minimum absolute atomic E-state index is 0.0305. The Bertz CT molecular complexity index is 661. The van der Waals surface area contributed by atoms with Gasteiger partial charge in [-0.3, -0.25) is 10.1 Å². The number of alkyl halides is 1. The van der Waals surface area contributed by atoms with Crippen molar-refractivity contribution in [1.82, 2.24) is 0 Å². The molecule has 0 unspecified atom stereocenters. The molecule has 0 heterocycles. The number of nitro groups is 1. The van der Waals surface area contributed by atoms with Gasteiger partial charge in [0.1, 0.15) is 17.3 Å². The van der Waals surface area contributed by atoms with Gasteiger partial charge in [0.15, 0.2) is 0 Å². The fraction of sp³-hybridized carbons (Fsp3) is 0.143. The molecule has 0 spiro atoms. The number of ether oxygens (including phenoxy) is 1. The molecule has 0 aliphatic carbocycles. The van der Waals surface area contributed by atoms with E-state index in [1.165, 1.54) is 30.3 Å². The Kier molecular flexibility index (Phi) is 4.20. The van der Waals surface area contributed by atoms with Crippen LogP contribution in [0.3, 0.4) is 0 Å². The second-order valence-corrected chi connectivity index (χ2v) is 4.41. The molecule has 0 saturated heterocycles. The first-order valence-corrected chi connectivity index (χ1v) is 6.32. The Morgan fingerprint density at radius 3 is 2.70 bits per heavy atom. The van der Waals surface area contributed by atoms with Gasteiger partial charge in [0.2, 0.25) is 0 Å². The van der Waals surface area contributed by atoms with Gasteiger partial charge in [-0.1, -0.05) is 6.07 Å². The molecule has 0 aliphatic rings. The van der Waals surface area contributed by atoms with Crippen molar-refractivity contribution in [1.29, 1.82) is 0 Å². The van der Waals surface area contributed by atoms with Crippen molar-refractivity contribution in [3.8, 4) is 11.5 Å². The molecule has 0 atom stereocenters. The smallest absolute Gasteiger partial charge is 0.276 e. The molecular weight excluding hydrogens is 285 g/mol. The van der Waals surface area contributed by atoms with Crippen molar-refractivity contribution in [2.75, 3.05) is 0 Å². The maximum Gasteiger partial charge on any atom is 0.276 e. The lowest BCUT2D eigenvalue weighted by Crippen LogP contribution is -1.96. The number of halogens is 2. The number of nitro benzene ring substituents is 1. The molecule has 0 fully saturated rings. The highest BCUT2D eigenvalue weighted by molar-refractivity contribution is 6.17. The van der Waals surface area contributed by atoms with Gasteiger partial charge in [0.05, 0.1) is 16.4 Å². The van der Waals surface area contributed by atoms with Crippen LogP contribution in [0, 0.1) is 22.9 Å². The van der Waals surface area contributed by atoms with Crippen molar-refractivity contribution >= 4 is 17.3 Å². The number of nitrogens with zero attached hydrogens (tertiary/aromatic N) is 1. The minimum atomic E-state index is -0.477. The predicted octanol–water partition coefficient (Wildman–Crippen LogP) is 4.57. The van der Waals surface area contributed by atoms with Crippen LogP contribution >= 0.6 is 11.6 Å². The normalized spacial score (nSPS) is 10.3. The van der Waals surface area contributed by atoms with E-state index in [0.29, 0.717) is 22.6 Å². The van der Waals surface area contributed by atoms with Gasteiger partial charge in [0.25, 0.3) is 5.69 Å². The van der Waals surface area contributed by atoms with Gasteiger partial charge in [-0.2, -0.15) is 0 Å². The maximum absolute atomic E-state index is 13.1. The zero-order chi connectivity index (χ0) is 14.7. The van der Waals surface area contributed by atoms with Gasteiger partial charge >= 0.3 is 0 Å². The number of rotatable bonds is 4. The van der Waals surface area contributed by atoms with Crippen LogP contribution in [0.15, 0.2) is 36.4 Å². The topological polar surface area (TPSA) is 52.4 Å². The van der Waals surface area contributed by atoms with Gasteiger partial charge in [-0.05, 0) is 31.2 Å². The van der Waals surface area contributed by atoms with E-state index in [9.17, 15) is 14.5 Å². The fourth-order valence-electron chi connectivity index (χ4n) is 1.78. The molecule has 2 aromatic carbocycles. The van der Waals surface area contributed by atoms with E-state index >= 15 is 0 Å². The van der Waals surface area contributed by atoms with Gasteiger partial charge in [-0.25, -0.2) is 4.39 Å². The molecule has 0 amide bonds. The Morgan fingerprint density at radius 1 is 1.30 bits per heavy atom. The number of hydrogen-bond donors (Lipinski definition) is 0. The van der Waals surface area contributed by atoms with Crippen molar-refractivity contribution in [2.45, 2.75) is 12.8 Å². The average Bonchev–Trinajstić information content (AvgIpc) is 2.42. The Labute approximate surface area is 119 Å². The number of benzene rings is 2. The van der Waals surface area contributed by atoms with E-state index in [2.05, 4.69) is 0 Å². The fourth-order valence-corrected chi connectivity index (χ4v) is 1.99. The lowest BCUT2D eigenvalue weighted by Gasteiger charge is -2.11. The van der Waals surface area contributed by atoms with Crippen LogP contribution < -0.4 is 4.74 Å². The molecule has 0 aliphatic heterocycles. The highest BCUT2D eigenvalue weighted by Gasteiger charge is 2.15. The molecule has 0 saturated carbocycles. The molecule has 4 nitrogen and oxygen atoms in total. The predicted molar refractivity (Wildman–Crippen MR) is 73.9 cm³/mol. The van der Waals surface area contributed by atoms with Crippen LogP contribution in [-0.4, -0.2) is 4.92 Å². The van der Waals surface area contributed by atoms with Crippen LogP contribution in [0.2, 0.25) is 0 Å². The molecule has 20 heavy (non-hydrogen) atoms. The molecule has 2 aromatic rings. The first-order valence-electron chi connectivity index (χ1n) is 5.79. The quantitative estimate of drug-likeness (QED) is 0.471. The summed E-state index contributed by atoms with van der Waals surface area (Å²) in [5, 5.41) is 10.9. The maximum atomic E-state index is 13.1. The molecule has 2 rings (SSSR count).